The number of aromatic nitrogens is 3. The normalized spacial score (nSPS) is 14.0. The molecule has 0 aromatic carbocycles. The van der Waals surface area contributed by atoms with E-state index >= 15 is 0 Å². The van der Waals surface area contributed by atoms with E-state index in [1.165, 1.54) is 0 Å². The minimum atomic E-state index is 0.623. The van der Waals surface area contributed by atoms with Crippen LogP contribution in [-0.4, -0.2) is 60.7 Å². The SMILES string of the molecule is CCCCOCCOCCNC(=NC)NCc1nnc2n1CCC2. The topological polar surface area (TPSA) is 85.6 Å². The van der Waals surface area contributed by atoms with E-state index in [0.29, 0.717) is 32.9 Å². The summed E-state index contributed by atoms with van der Waals surface area (Å²) in [6, 6.07) is 0. The zero-order valence-corrected chi connectivity index (χ0v) is 14.9. The molecule has 8 heteroatoms. The van der Waals surface area contributed by atoms with Crippen molar-refractivity contribution in [2.24, 2.45) is 4.99 Å². The summed E-state index contributed by atoms with van der Waals surface area (Å²) >= 11 is 0. The van der Waals surface area contributed by atoms with Gasteiger partial charge in [-0.2, -0.15) is 0 Å². The van der Waals surface area contributed by atoms with Gasteiger partial charge in [0.05, 0.1) is 26.4 Å². The molecule has 8 nitrogen and oxygen atoms in total. The fourth-order valence-electron chi connectivity index (χ4n) is 2.53. The Labute approximate surface area is 144 Å². The predicted molar refractivity (Wildman–Crippen MR) is 93.1 cm³/mol. The average molecular weight is 338 g/mol. The molecule has 0 bridgehead atoms. The molecule has 0 fully saturated rings. The summed E-state index contributed by atoms with van der Waals surface area (Å²) in [5.74, 6) is 2.79. The lowest BCUT2D eigenvalue weighted by molar-refractivity contribution is 0.0487. The van der Waals surface area contributed by atoms with E-state index in [1.807, 2.05) is 0 Å². The van der Waals surface area contributed by atoms with Gasteiger partial charge in [-0.1, -0.05) is 13.3 Å². The zero-order chi connectivity index (χ0) is 17.0. The molecule has 1 aromatic heterocycles. The van der Waals surface area contributed by atoms with Gasteiger partial charge in [-0.25, -0.2) is 0 Å². The van der Waals surface area contributed by atoms with Crippen LogP contribution in [0.25, 0.3) is 0 Å². The summed E-state index contributed by atoms with van der Waals surface area (Å²) in [6.07, 6.45) is 4.46. The van der Waals surface area contributed by atoms with Gasteiger partial charge in [0.15, 0.2) is 11.8 Å². The second-order valence-corrected chi connectivity index (χ2v) is 5.72. The fraction of sp³-hybridized carbons (Fsp3) is 0.812. The largest absolute Gasteiger partial charge is 0.379 e. The number of rotatable bonds is 11. The van der Waals surface area contributed by atoms with Crippen LogP contribution in [0.2, 0.25) is 0 Å². The highest BCUT2D eigenvalue weighted by Gasteiger charge is 2.16. The summed E-state index contributed by atoms with van der Waals surface area (Å²) in [6.45, 7) is 7.22. The van der Waals surface area contributed by atoms with E-state index in [-0.39, 0.29) is 0 Å². The lowest BCUT2D eigenvalue weighted by atomic mass is 10.4. The lowest BCUT2D eigenvalue weighted by Gasteiger charge is -2.12. The van der Waals surface area contributed by atoms with Crippen LogP contribution in [0.4, 0.5) is 0 Å². The van der Waals surface area contributed by atoms with Gasteiger partial charge in [0.1, 0.15) is 5.82 Å². The molecule has 2 heterocycles. The van der Waals surface area contributed by atoms with Gasteiger partial charge in [-0.05, 0) is 12.8 Å². The Morgan fingerprint density at radius 3 is 2.79 bits per heavy atom. The van der Waals surface area contributed by atoms with Gasteiger partial charge >= 0.3 is 0 Å². The molecule has 0 radical (unpaired) electrons. The molecule has 0 atom stereocenters. The van der Waals surface area contributed by atoms with E-state index in [2.05, 4.69) is 37.3 Å². The van der Waals surface area contributed by atoms with E-state index in [4.69, 9.17) is 9.47 Å². The van der Waals surface area contributed by atoms with Gasteiger partial charge in [-0.15, -0.1) is 10.2 Å². The first-order valence-corrected chi connectivity index (χ1v) is 8.86. The Balaban J connectivity index is 1.53. The summed E-state index contributed by atoms with van der Waals surface area (Å²) in [5.41, 5.74) is 0. The van der Waals surface area contributed by atoms with Crippen LogP contribution in [-0.2, 0) is 29.0 Å². The van der Waals surface area contributed by atoms with Crippen LogP contribution in [0.1, 0.15) is 37.8 Å². The number of fused-ring (bicyclic) bond motifs is 1. The quantitative estimate of drug-likeness (QED) is 0.351. The molecule has 1 aromatic rings. The first-order chi connectivity index (χ1) is 11.8. The van der Waals surface area contributed by atoms with Crippen molar-refractivity contribution >= 4 is 5.96 Å². The molecule has 2 N–H and O–H groups in total. The first-order valence-electron chi connectivity index (χ1n) is 8.86. The van der Waals surface area contributed by atoms with E-state index < -0.39 is 0 Å². The minimum absolute atomic E-state index is 0.623. The molecule has 1 aliphatic rings. The van der Waals surface area contributed by atoms with Crippen molar-refractivity contribution < 1.29 is 9.47 Å². The van der Waals surface area contributed by atoms with Crippen molar-refractivity contribution in [3.05, 3.63) is 11.6 Å². The van der Waals surface area contributed by atoms with E-state index in [0.717, 1.165) is 56.4 Å². The number of nitrogens with zero attached hydrogens (tertiary/aromatic N) is 4. The molecule has 0 amide bonds. The Kier molecular flexibility index (Phi) is 8.54. The number of hydrogen-bond donors (Lipinski definition) is 2. The Morgan fingerprint density at radius 1 is 1.17 bits per heavy atom. The maximum Gasteiger partial charge on any atom is 0.191 e. The van der Waals surface area contributed by atoms with Crippen LogP contribution >= 0.6 is 0 Å². The lowest BCUT2D eigenvalue weighted by Crippen LogP contribution is -2.39. The van der Waals surface area contributed by atoms with Gasteiger partial charge in [0.25, 0.3) is 0 Å². The summed E-state index contributed by atoms with van der Waals surface area (Å²) in [5, 5.41) is 14.9. The number of nitrogens with one attached hydrogen (secondary N) is 2. The Morgan fingerprint density at radius 2 is 2.00 bits per heavy atom. The van der Waals surface area contributed by atoms with Gasteiger partial charge in [0, 0.05) is 33.2 Å². The second kappa shape index (κ2) is 11.0. The van der Waals surface area contributed by atoms with Crippen LogP contribution < -0.4 is 10.6 Å². The number of aryl methyl sites for hydroxylation is 1. The fourth-order valence-corrected chi connectivity index (χ4v) is 2.53. The molecule has 136 valence electrons. The monoisotopic (exact) mass is 338 g/mol. The summed E-state index contributed by atoms with van der Waals surface area (Å²) in [7, 11) is 1.76. The van der Waals surface area contributed by atoms with Crippen LogP contribution in [0.5, 0.6) is 0 Å². The molecule has 1 aliphatic heterocycles. The number of unbranched alkanes of at least 4 members (excludes halogenated alkanes) is 1. The highest BCUT2D eigenvalue weighted by Crippen LogP contribution is 2.13. The zero-order valence-electron chi connectivity index (χ0n) is 14.9. The van der Waals surface area contributed by atoms with Crippen molar-refractivity contribution in [2.45, 2.75) is 45.7 Å². The highest BCUT2D eigenvalue weighted by molar-refractivity contribution is 5.79. The molecule has 0 saturated heterocycles. The van der Waals surface area contributed by atoms with Crippen molar-refractivity contribution in [1.82, 2.24) is 25.4 Å². The van der Waals surface area contributed by atoms with Crippen molar-refractivity contribution in [1.29, 1.82) is 0 Å². The van der Waals surface area contributed by atoms with Crippen LogP contribution in [0.3, 0.4) is 0 Å². The summed E-state index contributed by atoms with van der Waals surface area (Å²) < 4.78 is 13.1. The van der Waals surface area contributed by atoms with Crippen molar-refractivity contribution in [3.63, 3.8) is 0 Å². The smallest absolute Gasteiger partial charge is 0.191 e. The minimum Gasteiger partial charge on any atom is -0.379 e. The van der Waals surface area contributed by atoms with Gasteiger partial charge < -0.3 is 24.7 Å². The molecule has 0 saturated carbocycles. The third-order valence-electron chi connectivity index (χ3n) is 3.88. The second-order valence-electron chi connectivity index (χ2n) is 5.72. The molecule has 0 aliphatic carbocycles. The van der Waals surface area contributed by atoms with Crippen molar-refractivity contribution in [3.8, 4) is 0 Å². The Hall–Kier alpha value is -1.67. The molecule has 0 spiro atoms. The molecular formula is C16H30N6O2. The number of aliphatic imine (C=N–C) groups is 1. The van der Waals surface area contributed by atoms with Gasteiger partial charge in [-0.3, -0.25) is 4.99 Å². The highest BCUT2D eigenvalue weighted by atomic mass is 16.5. The maximum atomic E-state index is 5.52. The third-order valence-corrected chi connectivity index (χ3v) is 3.88. The summed E-state index contributed by atoms with van der Waals surface area (Å²) in [4.78, 5) is 4.21. The van der Waals surface area contributed by atoms with Gasteiger partial charge in [0.2, 0.25) is 0 Å². The molecule has 24 heavy (non-hydrogen) atoms. The standard InChI is InChI=1S/C16H30N6O2/c1-3-4-9-23-11-12-24-10-7-18-16(17-2)19-13-15-21-20-14-6-5-8-22(14)15/h3-13H2,1-2H3,(H2,17,18,19). The third kappa shape index (κ3) is 6.09. The Bertz CT molecular complexity index is 503. The van der Waals surface area contributed by atoms with E-state index in [1.54, 1.807) is 7.05 Å². The first kappa shape index (κ1) is 18.7. The number of guanidine groups is 1. The number of ether oxygens (including phenoxy) is 2. The average Bonchev–Trinajstić information content (AvgIpc) is 3.20. The van der Waals surface area contributed by atoms with Crippen LogP contribution in [0.15, 0.2) is 4.99 Å². The maximum absolute atomic E-state index is 5.52. The molecule has 2 rings (SSSR count). The molecule has 0 unspecified atom stereocenters. The molecular weight excluding hydrogens is 308 g/mol. The number of hydrogen-bond acceptors (Lipinski definition) is 5. The predicted octanol–water partition coefficient (Wildman–Crippen LogP) is 0.723. The van der Waals surface area contributed by atoms with Crippen molar-refractivity contribution in [2.75, 3.05) is 40.0 Å². The van der Waals surface area contributed by atoms with E-state index in [9.17, 15) is 0 Å². The van der Waals surface area contributed by atoms with Crippen LogP contribution in [0, 0.1) is 0 Å².